The highest BCUT2D eigenvalue weighted by molar-refractivity contribution is 5.86. The van der Waals surface area contributed by atoms with Gasteiger partial charge in [-0.05, 0) is 25.7 Å². The van der Waals surface area contributed by atoms with Gasteiger partial charge in [0, 0.05) is 20.3 Å². The molecule has 0 aliphatic carbocycles. The number of unbranched alkanes of at least 4 members (excludes halogenated alkanes) is 1. The first-order chi connectivity index (χ1) is 8.52. The van der Waals surface area contributed by atoms with Crippen LogP contribution in [0.15, 0.2) is 0 Å². The van der Waals surface area contributed by atoms with Crippen molar-refractivity contribution >= 4 is 12.0 Å². The summed E-state index contributed by atoms with van der Waals surface area (Å²) >= 11 is 0. The lowest BCUT2D eigenvalue weighted by atomic mass is 9.93. The number of amides is 2. The van der Waals surface area contributed by atoms with Crippen molar-refractivity contribution in [1.29, 1.82) is 0 Å². The number of carbonyl (C=O) groups is 2. The fraction of sp³-hybridized carbons (Fsp3) is 0.833. The lowest BCUT2D eigenvalue weighted by Crippen LogP contribution is -2.56. The van der Waals surface area contributed by atoms with Crippen molar-refractivity contribution < 1.29 is 19.4 Å². The Kier molecular flexibility index (Phi) is 8.11. The van der Waals surface area contributed by atoms with Crippen LogP contribution in [0.1, 0.15) is 39.5 Å². The van der Waals surface area contributed by atoms with Gasteiger partial charge in [-0.3, -0.25) is 0 Å². The zero-order valence-electron chi connectivity index (χ0n) is 11.4. The van der Waals surface area contributed by atoms with Crippen LogP contribution in [0, 0.1) is 0 Å². The van der Waals surface area contributed by atoms with Gasteiger partial charge < -0.3 is 20.5 Å². The van der Waals surface area contributed by atoms with Crippen molar-refractivity contribution in [2.24, 2.45) is 0 Å². The van der Waals surface area contributed by atoms with Crippen LogP contribution in [0.2, 0.25) is 0 Å². The maximum absolute atomic E-state index is 11.6. The molecule has 0 aromatic rings. The molecule has 0 radical (unpaired) electrons. The summed E-state index contributed by atoms with van der Waals surface area (Å²) in [7, 11) is 1.63. The summed E-state index contributed by atoms with van der Waals surface area (Å²) in [5.41, 5.74) is -1.17. The zero-order chi connectivity index (χ0) is 14.0. The number of aliphatic carboxylic acids is 1. The summed E-state index contributed by atoms with van der Waals surface area (Å²) in [6.45, 7) is 4.66. The van der Waals surface area contributed by atoms with Crippen LogP contribution in [-0.2, 0) is 9.53 Å². The Hall–Kier alpha value is -1.30. The molecule has 0 unspecified atom stereocenters. The normalized spacial score (nSPS) is 11.1. The van der Waals surface area contributed by atoms with Crippen molar-refractivity contribution in [3.05, 3.63) is 0 Å². The van der Waals surface area contributed by atoms with Crippen LogP contribution in [0.4, 0.5) is 4.79 Å². The SMILES string of the molecule is CCC(CC)(NC(=O)NCCCCOC)C(=O)O. The molecule has 0 aliphatic rings. The number of urea groups is 1. The average molecular weight is 260 g/mol. The largest absolute Gasteiger partial charge is 0.480 e. The highest BCUT2D eigenvalue weighted by Gasteiger charge is 2.36. The van der Waals surface area contributed by atoms with Gasteiger partial charge in [0.05, 0.1) is 0 Å². The maximum atomic E-state index is 11.6. The third-order valence-corrected chi connectivity index (χ3v) is 3.03. The molecule has 106 valence electrons. The third kappa shape index (κ3) is 5.35. The van der Waals surface area contributed by atoms with Gasteiger partial charge in [0.15, 0.2) is 0 Å². The number of carboxylic acids is 1. The molecule has 0 heterocycles. The van der Waals surface area contributed by atoms with Gasteiger partial charge in [-0.25, -0.2) is 9.59 Å². The van der Waals surface area contributed by atoms with Crippen LogP contribution in [0.3, 0.4) is 0 Å². The summed E-state index contributed by atoms with van der Waals surface area (Å²) < 4.78 is 4.89. The monoisotopic (exact) mass is 260 g/mol. The van der Waals surface area contributed by atoms with E-state index in [1.165, 1.54) is 0 Å². The van der Waals surface area contributed by atoms with Crippen molar-refractivity contribution in [2.75, 3.05) is 20.3 Å². The lowest BCUT2D eigenvalue weighted by molar-refractivity contribution is -0.144. The summed E-state index contributed by atoms with van der Waals surface area (Å²) in [6, 6.07) is -0.432. The Morgan fingerprint density at radius 2 is 1.83 bits per heavy atom. The number of carboxylic acid groups (broad SMARTS) is 1. The van der Waals surface area contributed by atoms with E-state index < -0.39 is 17.5 Å². The Bertz CT molecular complexity index is 265. The van der Waals surface area contributed by atoms with Crippen LogP contribution >= 0.6 is 0 Å². The molecule has 2 amide bonds. The number of hydrogen-bond acceptors (Lipinski definition) is 3. The Balaban J connectivity index is 4.08. The smallest absolute Gasteiger partial charge is 0.329 e. The fourth-order valence-corrected chi connectivity index (χ4v) is 1.62. The Morgan fingerprint density at radius 1 is 1.22 bits per heavy atom. The van der Waals surface area contributed by atoms with Crippen molar-refractivity contribution in [2.45, 2.75) is 45.1 Å². The van der Waals surface area contributed by atoms with E-state index >= 15 is 0 Å². The second kappa shape index (κ2) is 8.74. The number of nitrogens with one attached hydrogen (secondary N) is 2. The molecule has 0 bridgehead atoms. The molecule has 0 aliphatic heterocycles. The van der Waals surface area contributed by atoms with E-state index in [0.29, 0.717) is 26.0 Å². The minimum atomic E-state index is -1.17. The molecular formula is C12H24N2O4. The van der Waals surface area contributed by atoms with Crippen molar-refractivity contribution in [3.63, 3.8) is 0 Å². The molecule has 0 aromatic carbocycles. The Morgan fingerprint density at radius 3 is 2.28 bits per heavy atom. The second-order valence-corrected chi connectivity index (χ2v) is 4.18. The molecule has 0 aromatic heterocycles. The number of carbonyl (C=O) groups excluding carboxylic acids is 1. The topological polar surface area (TPSA) is 87.7 Å². The summed E-state index contributed by atoms with van der Waals surface area (Å²) in [5, 5.41) is 14.3. The van der Waals surface area contributed by atoms with Gasteiger partial charge in [-0.15, -0.1) is 0 Å². The average Bonchev–Trinajstić information content (AvgIpc) is 2.35. The molecule has 0 saturated carbocycles. The highest BCUT2D eigenvalue weighted by Crippen LogP contribution is 2.15. The van der Waals surface area contributed by atoms with E-state index in [1.807, 2.05) is 0 Å². The van der Waals surface area contributed by atoms with E-state index in [1.54, 1.807) is 21.0 Å². The summed E-state index contributed by atoms with van der Waals surface area (Å²) in [4.78, 5) is 22.8. The predicted molar refractivity (Wildman–Crippen MR) is 68.6 cm³/mol. The molecule has 0 spiro atoms. The first kappa shape index (κ1) is 16.7. The molecule has 0 saturated heterocycles. The quantitative estimate of drug-likeness (QED) is 0.546. The molecule has 18 heavy (non-hydrogen) atoms. The first-order valence-electron chi connectivity index (χ1n) is 6.30. The zero-order valence-corrected chi connectivity index (χ0v) is 11.4. The van der Waals surface area contributed by atoms with E-state index in [2.05, 4.69) is 10.6 Å². The van der Waals surface area contributed by atoms with E-state index in [4.69, 9.17) is 9.84 Å². The van der Waals surface area contributed by atoms with Gasteiger partial charge in [0.1, 0.15) is 5.54 Å². The van der Waals surface area contributed by atoms with Gasteiger partial charge >= 0.3 is 12.0 Å². The summed E-state index contributed by atoms with van der Waals surface area (Å²) in [5.74, 6) is -0.998. The van der Waals surface area contributed by atoms with Crippen molar-refractivity contribution in [3.8, 4) is 0 Å². The number of methoxy groups -OCH3 is 1. The number of rotatable bonds is 9. The van der Waals surface area contributed by atoms with Crippen LogP contribution in [-0.4, -0.2) is 42.9 Å². The minimum absolute atomic E-state index is 0.357. The Labute approximate surface area is 108 Å². The standard InChI is InChI=1S/C12H24N2O4/c1-4-12(5-2,10(15)16)14-11(17)13-8-6-7-9-18-3/h4-9H2,1-3H3,(H,15,16)(H2,13,14,17). The summed E-state index contributed by atoms with van der Waals surface area (Å²) in [6.07, 6.45) is 2.38. The molecule has 0 rings (SSSR count). The minimum Gasteiger partial charge on any atom is -0.480 e. The molecular weight excluding hydrogens is 236 g/mol. The molecule has 0 fully saturated rings. The fourth-order valence-electron chi connectivity index (χ4n) is 1.62. The predicted octanol–water partition coefficient (Wildman–Crippen LogP) is 1.36. The van der Waals surface area contributed by atoms with Gasteiger partial charge in [-0.1, -0.05) is 13.8 Å². The van der Waals surface area contributed by atoms with E-state index in [-0.39, 0.29) is 0 Å². The van der Waals surface area contributed by atoms with E-state index in [9.17, 15) is 9.59 Å². The van der Waals surface area contributed by atoms with E-state index in [0.717, 1.165) is 12.8 Å². The van der Waals surface area contributed by atoms with Crippen LogP contribution in [0.5, 0.6) is 0 Å². The van der Waals surface area contributed by atoms with Crippen LogP contribution in [0.25, 0.3) is 0 Å². The van der Waals surface area contributed by atoms with Gasteiger partial charge in [0.2, 0.25) is 0 Å². The van der Waals surface area contributed by atoms with Crippen molar-refractivity contribution in [1.82, 2.24) is 10.6 Å². The number of hydrogen-bond donors (Lipinski definition) is 3. The lowest BCUT2D eigenvalue weighted by Gasteiger charge is -2.28. The number of ether oxygens (including phenoxy) is 1. The molecule has 0 atom stereocenters. The molecule has 6 heteroatoms. The molecule has 3 N–H and O–H groups in total. The highest BCUT2D eigenvalue weighted by atomic mass is 16.5. The second-order valence-electron chi connectivity index (χ2n) is 4.18. The first-order valence-corrected chi connectivity index (χ1v) is 6.30. The maximum Gasteiger partial charge on any atom is 0.329 e. The van der Waals surface area contributed by atoms with Crippen LogP contribution < -0.4 is 10.6 Å². The third-order valence-electron chi connectivity index (χ3n) is 3.03. The van der Waals surface area contributed by atoms with Gasteiger partial charge in [0.25, 0.3) is 0 Å². The molecule has 6 nitrogen and oxygen atoms in total. The van der Waals surface area contributed by atoms with Gasteiger partial charge in [-0.2, -0.15) is 0 Å².